The Labute approximate surface area is 140 Å². The number of hydrogen-bond donors (Lipinski definition) is 1. The molecule has 1 heterocycles. The summed E-state index contributed by atoms with van der Waals surface area (Å²) in [7, 11) is -2.20. The first-order valence-electron chi connectivity index (χ1n) is 5.97. The third-order valence-electron chi connectivity index (χ3n) is 3.06. The second kappa shape index (κ2) is 6.12. The molecule has 0 unspecified atom stereocenters. The zero-order valence-electron chi connectivity index (χ0n) is 11.4. The topological polar surface area (TPSA) is 76.5 Å². The van der Waals surface area contributed by atoms with E-state index < -0.39 is 10.0 Å². The number of nitrogens with zero attached hydrogens (tertiary/aromatic N) is 1. The molecule has 1 aromatic carbocycles. The van der Waals surface area contributed by atoms with Crippen molar-refractivity contribution in [1.29, 1.82) is 0 Å². The molecule has 2 N–H and O–H groups in total. The van der Waals surface area contributed by atoms with Crippen LogP contribution >= 0.6 is 31.9 Å². The average molecular weight is 438 g/mol. The van der Waals surface area contributed by atoms with E-state index in [1.165, 1.54) is 17.6 Å². The Kier molecular flexibility index (Phi) is 4.82. The Morgan fingerprint density at radius 1 is 1.33 bits per heavy atom. The highest BCUT2D eigenvalue weighted by atomic mass is 79.9. The van der Waals surface area contributed by atoms with Gasteiger partial charge in [0.15, 0.2) is 0 Å². The van der Waals surface area contributed by atoms with Gasteiger partial charge in [0, 0.05) is 28.1 Å². The first-order chi connectivity index (χ1) is 9.73. The molecular weight excluding hydrogens is 424 g/mol. The van der Waals surface area contributed by atoms with Crippen molar-refractivity contribution < 1.29 is 12.8 Å². The molecular formula is C13H14Br2N2O3S. The van der Waals surface area contributed by atoms with Crippen LogP contribution in [0.3, 0.4) is 0 Å². The quantitative estimate of drug-likeness (QED) is 0.742. The molecule has 1 aromatic heterocycles. The van der Waals surface area contributed by atoms with E-state index in [0.717, 1.165) is 5.56 Å². The fourth-order valence-electron chi connectivity index (χ4n) is 1.91. The van der Waals surface area contributed by atoms with Gasteiger partial charge in [-0.15, -0.1) is 0 Å². The fraction of sp³-hybridized carbons (Fsp3) is 0.231. The summed E-state index contributed by atoms with van der Waals surface area (Å²) in [5.41, 5.74) is 6.86. The summed E-state index contributed by atoms with van der Waals surface area (Å²) in [5, 5.41) is 0. The fourth-order valence-corrected chi connectivity index (χ4v) is 5.06. The Bertz CT molecular complexity index is 748. The van der Waals surface area contributed by atoms with Crippen molar-refractivity contribution in [2.45, 2.75) is 18.4 Å². The van der Waals surface area contributed by atoms with Crippen molar-refractivity contribution in [3.8, 4) is 0 Å². The van der Waals surface area contributed by atoms with Crippen LogP contribution in [-0.4, -0.2) is 19.8 Å². The Morgan fingerprint density at radius 3 is 2.52 bits per heavy atom. The van der Waals surface area contributed by atoms with Gasteiger partial charge in [0.05, 0.1) is 12.0 Å². The molecule has 0 bridgehead atoms. The van der Waals surface area contributed by atoms with Gasteiger partial charge in [0.25, 0.3) is 0 Å². The number of rotatable bonds is 4. The lowest BCUT2D eigenvalue weighted by molar-refractivity contribution is 0.459. The van der Waals surface area contributed by atoms with Crippen LogP contribution in [0, 0.1) is 6.92 Å². The standard InChI is InChI=1S/C13H14Br2N2O3S/c1-8-9(3-4-20-8)7-17(2)21(18,19)13-11(15)5-10(14)6-12(13)16/h3-6H,7,16H2,1-2H3. The van der Waals surface area contributed by atoms with Crippen molar-refractivity contribution in [2.75, 3.05) is 12.8 Å². The van der Waals surface area contributed by atoms with E-state index in [2.05, 4.69) is 31.9 Å². The predicted octanol–water partition coefficient (Wildman–Crippen LogP) is 3.52. The van der Waals surface area contributed by atoms with Gasteiger partial charge in [-0.2, -0.15) is 4.31 Å². The normalized spacial score (nSPS) is 12.0. The molecule has 114 valence electrons. The third-order valence-corrected chi connectivity index (χ3v) is 6.33. The van der Waals surface area contributed by atoms with Crippen molar-refractivity contribution in [3.63, 3.8) is 0 Å². The van der Waals surface area contributed by atoms with E-state index >= 15 is 0 Å². The third kappa shape index (κ3) is 3.33. The number of benzene rings is 1. The van der Waals surface area contributed by atoms with Crippen LogP contribution in [0.1, 0.15) is 11.3 Å². The summed E-state index contributed by atoms with van der Waals surface area (Å²) in [5.74, 6) is 0.694. The van der Waals surface area contributed by atoms with E-state index in [1.807, 2.05) is 0 Å². The van der Waals surface area contributed by atoms with Crippen LogP contribution in [0.4, 0.5) is 5.69 Å². The molecule has 0 aliphatic rings. The molecule has 0 saturated carbocycles. The predicted molar refractivity (Wildman–Crippen MR) is 88.4 cm³/mol. The summed E-state index contributed by atoms with van der Waals surface area (Å²) < 4.78 is 32.9. The lowest BCUT2D eigenvalue weighted by Crippen LogP contribution is -2.27. The minimum Gasteiger partial charge on any atom is -0.469 e. The van der Waals surface area contributed by atoms with Gasteiger partial charge in [0.1, 0.15) is 10.7 Å². The Hall–Kier alpha value is -0.830. The van der Waals surface area contributed by atoms with Crippen LogP contribution in [0.25, 0.3) is 0 Å². The van der Waals surface area contributed by atoms with Gasteiger partial charge in [0.2, 0.25) is 10.0 Å². The molecule has 0 saturated heterocycles. The number of hydrogen-bond acceptors (Lipinski definition) is 4. The number of nitrogens with two attached hydrogens (primary N) is 1. The lowest BCUT2D eigenvalue weighted by Gasteiger charge is -2.19. The van der Waals surface area contributed by atoms with Crippen molar-refractivity contribution in [1.82, 2.24) is 4.31 Å². The second-order valence-corrected chi connectivity index (χ2v) is 8.32. The molecule has 21 heavy (non-hydrogen) atoms. The molecule has 2 aromatic rings. The van der Waals surface area contributed by atoms with Gasteiger partial charge in [-0.05, 0) is 41.1 Å². The Balaban J connectivity index is 2.40. The number of nitrogen functional groups attached to an aromatic ring is 1. The highest BCUT2D eigenvalue weighted by Gasteiger charge is 2.27. The zero-order chi connectivity index (χ0) is 15.8. The van der Waals surface area contributed by atoms with Gasteiger partial charge in [-0.1, -0.05) is 15.9 Å². The first kappa shape index (κ1) is 16.5. The van der Waals surface area contributed by atoms with Gasteiger partial charge in [-0.3, -0.25) is 0 Å². The first-order valence-corrected chi connectivity index (χ1v) is 9.00. The number of furan rings is 1. The van der Waals surface area contributed by atoms with Crippen molar-refractivity contribution >= 4 is 47.6 Å². The summed E-state index contributed by atoms with van der Waals surface area (Å²) >= 11 is 6.54. The minimum atomic E-state index is -3.71. The summed E-state index contributed by atoms with van der Waals surface area (Å²) in [4.78, 5) is 0.0642. The summed E-state index contributed by atoms with van der Waals surface area (Å²) in [6, 6.07) is 4.97. The SMILES string of the molecule is Cc1occc1CN(C)S(=O)(=O)c1c(N)cc(Br)cc1Br. The molecule has 5 nitrogen and oxygen atoms in total. The van der Waals surface area contributed by atoms with Crippen molar-refractivity contribution in [2.24, 2.45) is 0 Å². The molecule has 8 heteroatoms. The van der Waals surface area contributed by atoms with Crippen LogP contribution in [0.2, 0.25) is 0 Å². The van der Waals surface area contributed by atoms with E-state index in [1.54, 1.807) is 25.1 Å². The highest BCUT2D eigenvalue weighted by Crippen LogP contribution is 2.33. The van der Waals surface area contributed by atoms with E-state index in [0.29, 0.717) is 14.7 Å². The minimum absolute atomic E-state index is 0.0642. The number of halogens is 2. The van der Waals surface area contributed by atoms with Crippen LogP contribution in [-0.2, 0) is 16.6 Å². The maximum atomic E-state index is 12.7. The molecule has 0 atom stereocenters. The molecule has 0 fully saturated rings. The number of aryl methyl sites for hydroxylation is 1. The highest BCUT2D eigenvalue weighted by molar-refractivity contribution is 9.11. The smallest absolute Gasteiger partial charge is 0.246 e. The van der Waals surface area contributed by atoms with E-state index in [4.69, 9.17) is 10.2 Å². The largest absolute Gasteiger partial charge is 0.469 e. The van der Waals surface area contributed by atoms with Gasteiger partial charge in [-0.25, -0.2) is 8.42 Å². The number of sulfonamides is 1. The molecule has 0 aliphatic heterocycles. The van der Waals surface area contributed by atoms with E-state index in [9.17, 15) is 8.42 Å². The summed E-state index contributed by atoms with van der Waals surface area (Å²) in [6.07, 6.45) is 1.54. The Morgan fingerprint density at radius 2 is 2.00 bits per heavy atom. The lowest BCUT2D eigenvalue weighted by atomic mass is 10.3. The average Bonchev–Trinajstić information content (AvgIpc) is 2.73. The maximum absolute atomic E-state index is 12.7. The number of anilines is 1. The molecule has 0 aliphatic carbocycles. The molecule has 0 spiro atoms. The zero-order valence-corrected chi connectivity index (χ0v) is 15.4. The molecule has 0 amide bonds. The second-order valence-electron chi connectivity index (χ2n) is 4.57. The van der Waals surface area contributed by atoms with Gasteiger partial charge >= 0.3 is 0 Å². The summed E-state index contributed by atoms with van der Waals surface area (Å²) in [6.45, 7) is 2.01. The van der Waals surface area contributed by atoms with E-state index in [-0.39, 0.29) is 17.1 Å². The molecule has 0 radical (unpaired) electrons. The molecule has 2 rings (SSSR count). The van der Waals surface area contributed by atoms with Crippen molar-refractivity contribution in [3.05, 3.63) is 44.7 Å². The monoisotopic (exact) mass is 436 g/mol. The maximum Gasteiger partial charge on any atom is 0.246 e. The van der Waals surface area contributed by atoms with Crippen LogP contribution < -0.4 is 5.73 Å². The van der Waals surface area contributed by atoms with Crippen LogP contribution in [0.5, 0.6) is 0 Å². The van der Waals surface area contributed by atoms with Gasteiger partial charge < -0.3 is 10.2 Å². The van der Waals surface area contributed by atoms with Crippen LogP contribution in [0.15, 0.2) is 42.7 Å².